The summed E-state index contributed by atoms with van der Waals surface area (Å²) in [4.78, 5) is 34.7. The average molecular weight is 429 g/mol. The lowest BCUT2D eigenvalue weighted by atomic mass is 9.83. The average Bonchev–Trinajstić information content (AvgIpc) is 2.80. The van der Waals surface area contributed by atoms with Crippen LogP contribution in [0.3, 0.4) is 0 Å². The first-order chi connectivity index (χ1) is 15.0. The molecule has 2 fully saturated rings. The molecule has 4 rings (SSSR count). The SMILES string of the molecule is COc1cc2ncn(CC(=O)N(C)C[C@@H]3CCCN4CCCC[C@H]34)c(=O)c2cc1OC. The number of ether oxygens (including phenoxy) is 2. The van der Waals surface area contributed by atoms with Crippen molar-refractivity contribution in [1.82, 2.24) is 19.4 Å². The fourth-order valence-electron chi connectivity index (χ4n) is 5.11. The Kier molecular flexibility index (Phi) is 6.46. The molecule has 31 heavy (non-hydrogen) atoms. The van der Waals surface area contributed by atoms with Gasteiger partial charge in [0.2, 0.25) is 5.91 Å². The minimum Gasteiger partial charge on any atom is -0.493 e. The maximum absolute atomic E-state index is 13.0. The minimum atomic E-state index is -0.260. The van der Waals surface area contributed by atoms with Gasteiger partial charge in [-0.2, -0.15) is 0 Å². The van der Waals surface area contributed by atoms with Gasteiger partial charge in [0.15, 0.2) is 11.5 Å². The number of likely N-dealkylation sites (N-methyl/N-ethyl adjacent to an activating group) is 1. The third-order valence-corrected chi connectivity index (χ3v) is 6.80. The van der Waals surface area contributed by atoms with Gasteiger partial charge in [0.05, 0.1) is 31.4 Å². The number of carbonyl (C=O) groups is 1. The molecule has 168 valence electrons. The number of aromatic nitrogens is 2. The van der Waals surface area contributed by atoms with Crippen molar-refractivity contribution in [2.24, 2.45) is 5.92 Å². The number of rotatable bonds is 6. The lowest BCUT2D eigenvalue weighted by molar-refractivity contribution is -0.131. The Bertz CT molecular complexity index is 1000. The second kappa shape index (κ2) is 9.26. The van der Waals surface area contributed by atoms with Crippen molar-refractivity contribution in [1.29, 1.82) is 0 Å². The molecular formula is C23H32N4O4. The summed E-state index contributed by atoms with van der Waals surface area (Å²) in [6.45, 7) is 3.09. The molecule has 0 aliphatic carbocycles. The molecule has 2 atom stereocenters. The van der Waals surface area contributed by atoms with Crippen LogP contribution in [0.1, 0.15) is 32.1 Å². The normalized spacial score (nSPS) is 21.5. The fourth-order valence-corrected chi connectivity index (χ4v) is 5.11. The molecule has 8 heteroatoms. The summed E-state index contributed by atoms with van der Waals surface area (Å²) < 4.78 is 12.0. The molecule has 0 N–H and O–H groups in total. The van der Waals surface area contributed by atoms with Gasteiger partial charge in [-0.3, -0.25) is 14.2 Å². The molecule has 0 saturated carbocycles. The van der Waals surface area contributed by atoms with Crippen LogP contribution in [-0.2, 0) is 11.3 Å². The number of carbonyl (C=O) groups excluding carboxylic acids is 1. The number of benzene rings is 1. The van der Waals surface area contributed by atoms with Gasteiger partial charge in [-0.05, 0) is 50.8 Å². The Morgan fingerprint density at radius 2 is 1.87 bits per heavy atom. The second-order valence-corrected chi connectivity index (χ2v) is 8.68. The molecule has 8 nitrogen and oxygen atoms in total. The van der Waals surface area contributed by atoms with Crippen LogP contribution in [0.15, 0.2) is 23.3 Å². The highest BCUT2D eigenvalue weighted by Crippen LogP contribution is 2.31. The third-order valence-electron chi connectivity index (χ3n) is 6.80. The van der Waals surface area contributed by atoms with Gasteiger partial charge in [-0.15, -0.1) is 0 Å². The highest BCUT2D eigenvalue weighted by Gasteiger charge is 2.34. The van der Waals surface area contributed by atoms with E-state index < -0.39 is 0 Å². The van der Waals surface area contributed by atoms with Crippen LogP contribution in [0.2, 0.25) is 0 Å². The van der Waals surface area contributed by atoms with Crippen LogP contribution in [-0.4, -0.2) is 72.2 Å². The smallest absolute Gasteiger partial charge is 0.261 e. The van der Waals surface area contributed by atoms with Gasteiger partial charge < -0.3 is 19.3 Å². The van der Waals surface area contributed by atoms with Crippen molar-refractivity contribution in [2.45, 2.75) is 44.7 Å². The Morgan fingerprint density at radius 1 is 1.13 bits per heavy atom. The summed E-state index contributed by atoms with van der Waals surface area (Å²) in [5.41, 5.74) is 0.253. The first kappa shape index (κ1) is 21.6. The zero-order valence-corrected chi connectivity index (χ0v) is 18.7. The van der Waals surface area contributed by atoms with Gasteiger partial charge >= 0.3 is 0 Å². The minimum absolute atomic E-state index is 0.0201. The highest BCUT2D eigenvalue weighted by molar-refractivity contribution is 5.82. The number of hydrogen-bond donors (Lipinski definition) is 0. The van der Waals surface area contributed by atoms with E-state index in [9.17, 15) is 9.59 Å². The number of amides is 1. The van der Waals surface area contributed by atoms with Crippen LogP contribution >= 0.6 is 0 Å². The zero-order chi connectivity index (χ0) is 22.0. The first-order valence-electron chi connectivity index (χ1n) is 11.1. The van der Waals surface area contributed by atoms with E-state index in [1.807, 2.05) is 7.05 Å². The van der Waals surface area contributed by atoms with Gasteiger partial charge in [0.1, 0.15) is 6.54 Å². The quantitative estimate of drug-likeness (QED) is 0.702. The van der Waals surface area contributed by atoms with Crippen LogP contribution in [0.25, 0.3) is 10.9 Å². The second-order valence-electron chi connectivity index (χ2n) is 8.68. The molecule has 2 aromatic rings. The largest absolute Gasteiger partial charge is 0.493 e. The molecule has 1 aromatic carbocycles. The molecule has 0 unspecified atom stereocenters. The summed E-state index contributed by atoms with van der Waals surface area (Å²) in [5.74, 6) is 1.41. The molecule has 0 spiro atoms. The third kappa shape index (κ3) is 4.39. The lowest BCUT2D eigenvalue weighted by Crippen LogP contribution is -2.51. The van der Waals surface area contributed by atoms with E-state index in [0.29, 0.717) is 34.4 Å². The Balaban J connectivity index is 1.48. The molecule has 0 radical (unpaired) electrons. The van der Waals surface area contributed by atoms with Gasteiger partial charge in [-0.1, -0.05) is 6.42 Å². The van der Waals surface area contributed by atoms with Crippen LogP contribution in [0.5, 0.6) is 11.5 Å². The summed E-state index contributed by atoms with van der Waals surface area (Å²) in [6.07, 6.45) is 7.59. The Labute approximate surface area is 182 Å². The predicted molar refractivity (Wildman–Crippen MR) is 119 cm³/mol. The first-order valence-corrected chi connectivity index (χ1v) is 11.1. The van der Waals surface area contributed by atoms with Crippen molar-refractivity contribution < 1.29 is 14.3 Å². The molecular weight excluding hydrogens is 396 g/mol. The standard InChI is InChI=1S/C23H32N4O4/c1-25(13-16-7-6-10-26-9-5-4-8-19(16)26)22(28)14-27-15-24-18-12-21(31-3)20(30-2)11-17(18)23(27)29/h11-12,15-16,19H,4-10,13-14H2,1-3H3/t16-,19+/m0/s1. The molecule has 3 heterocycles. The topological polar surface area (TPSA) is 76.9 Å². The summed E-state index contributed by atoms with van der Waals surface area (Å²) in [5, 5.41) is 0.403. The van der Waals surface area contributed by atoms with Crippen LogP contribution in [0, 0.1) is 5.92 Å². The number of methoxy groups -OCH3 is 2. The van der Waals surface area contributed by atoms with E-state index in [1.165, 1.54) is 63.9 Å². The maximum atomic E-state index is 13.0. The van der Waals surface area contributed by atoms with Crippen molar-refractivity contribution in [3.05, 3.63) is 28.8 Å². The van der Waals surface area contributed by atoms with Gasteiger partial charge in [0.25, 0.3) is 5.56 Å². The summed E-state index contributed by atoms with van der Waals surface area (Å²) in [7, 11) is 4.91. The number of nitrogens with zero attached hydrogens (tertiary/aromatic N) is 4. The summed E-state index contributed by atoms with van der Waals surface area (Å²) >= 11 is 0. The van der Waals surface area contributed by atoms with E-state index in [4.69, 9.17) is 9.47 Å². The van der Waals surface area contributed by atoms with Gasteiger partial charge in [-0.25, -0.2) is 4.98 Å². The van der Waals surface area contributed by atoms with E-state index >= 15 is 0 Å². The van der Waals surface area contributed by atoms with Crippen LogP contribution < -0.4 is 15.0 Å². The van der Waals surface area contributed by atoms with E-state index in [-0.39, 0.29) is 18.0 Å². The molecule has 2 aliphatic rings. The maximum Gasteiger partial charge on any atom is 0.261 e. The number of hydrogen-bond acceptors (Lipinski definition) is 6. The lowest BCUT2D eigenvalue weighted by Gasteiger charge is -2.45. The monoisotopic (exact) mass is 428 g/mol. The van der Waals surface area contributed by atoms with E-state index in [2.05, 4.69) is 9.88 Å². The van der Waals surface area contributed by atoms with Gasteiger partial charge in [0, 0.05) is 25.7 Å². The molecule has 1 aromatic heterocycles. The van der Waals surface area contributed by atoms with E-state index in [1.54, 1.807) is 17.0 Å². The summed E-state index contributed by atoms with van der Waals surface area (Å²) in [6, 6.07) is 3.88. The van der Waals surface area contributed by atoms with Crippen molar-refractivity contribution in [2.75, 3.05) is 40.9 Å². The van der Waals surface area contributed by atoms with Crippen molar-refractivity contribution >= 4 is 16.8 Å². The van der Waals surface area contributed by atoms with E-state index in [0.717, 1.165) is 13.0 Å². The molecule has 2 saturated heterocycles. The fraction of sp³-hybridized carbons (Fsp3) is 0.609. The predicted octanol–water partition coefficient (Wildman–Crippen LogP) is 2.14. The zero-order valence-electron chi connectivity index (χ0n) is 18.7. The Morgan fingerprint density at radius 3 is 2.65 bits per heavy atom. The number of piperidine rings is 2. The van der Waals surface area contributed by atoms with Crippen molar-refractivity contribution in [3.8, 4) is 11.5 Å². The highest BCUT2D eigenvalue weighted by atomic mass is 16.5. The molecule has 2 aliphatic heterocycles. The van der Waals surface area contributed by atoms with Crippen molar-refractivity contribution in [3.63, 3.8) is 0 Å². The Hall–Kier alpha value is -2.61. The molecule has 0 bridgehead atoms. The van der Waals surface area contributed by atoms with Crippen LogP contribution in [0.4, 0.5) is 0 Å². The molecule has 1 amide bonds. The number of fused-ring (bicyclic) bond motifs is 2.